The van der Waals surface area contributed by atoms with Crippen molar-refractivity contribution in [3.63, 3.8) is 0 Å². The van der Waals surface area contributed by atoms with E-state index < -0.39 is 0 Å². The van der Waals surface area contributed by atoms with Crippen molar-refractivity contribution in [2.75, 3.05) is 24.8 Å². The Morgan fingerprint density at radius 1 is 1.19 bits per heavy atom. The van der Waals surface area contributed by atoms with Crippen molar-refractivity contribution >= 4 is 39.1 Å². The molecule has 5 heteroatoms. The molecule has 0 radical (unpaired) electrons. The lowest BCUT2D eigenvalue weighted by Crippen LogP contribution is -2.27. The van der Waals surface area contributed by atoms with Gasteiger partial charge in [0.15, 0.2) is 0 Å². The molecule has 1 N–H and O–H groups in total. The highest BCUT2D eigenvalue weighted by molar-refractivity contribution is 9.10. The molecule has 90 valence electrons. The Hall–Kier alpha value is 0.0400. The van der Waals surface area contributed by atoms with Crippen LogP contribution in [0.4, 0.5) is 0 Å². The van der Waals surface area contributed by atoms with E-state index >= 15 is 0 Å². The summed E-state index contributed by atoms with van der Waals surface area (Å²) in [7, 11) is 0. The van der Waals surface area contributed by atoms with E-state index in [9.17, 15) is 5.11 Å². The summed E-state index contributed by atoms with van der Waals surface area (Å²) in [6.07, 6.45) is 0. The van der Waals surface area contributed by atoms with Crippen LogP contribution < -0.4 is 0 Å². The first-order chi connectivity index (χ1) is 7.67. The average Bonchev–Trinajstić information content (AvgIpc) is 2.24. The Labute approximate surface area is 114 Å². The molecule has 0 fully saturated rings. The summed E-state index contributed by atoms with van der Waals surface area (Å²) in [6, 6.07) is 5.40. The molecule has 0 aliphatic heterocycles. The van der Waals surface area contributed by atoms with Crippen molar-refractivity contribution in [3.8, 4) is 5.75 Å². The maximum atomic E-state index is 9.71. The number of hydrogen-bond donors (Lipinski definition) is 1. The quantitative estimate of drug-likeness (QED) is 0.809. The van der Waals surface area contributed by atoms with Crippen molar-refractivity contribution < 1.29 is 5.11 Å². The molecule has 0 unspecified atom stereocenters. The second-order valence-electron chi connectivity index (χ2n) is 3.43. The second kappa shape index (κ2) is 7.38. The topological polar surface area (TPSA) is 23.5 Å². The predicted molar refractivity (Wildman–Crippen MR) is 72.5 cm³/mol. The van der Waals surface area contributed by atoms with Gasteiger partial charge >= 0.3 is 0 Å². The lowest BCUT2D eigenvalue weighted by molar-refractivity contribution is 0.294. The number of phenols is 1. The van der Waals surface area contributed by atoms with Crippen LogP contribution in [-0.2, 0) is 6.54 Å². The molecule has 16 heavy (non-hydrogen) atoms. The number of halogens is 3. The van der Waals surface area contributed by atoms with Gasteiger partial charge in [-0.05, 0) is 18.2 Å². The van der Waals surface area contributed by atoms with Crippen molar-refractivity contribution in [1.29, 1.82) is 0 Å². The Bertz CT molecular complexity index is 330. The van der Waals surface area contributed by atoms with Gasteiger partial charge in [-0.15, -0.1) is 23.2 Å². The largest absolute Gasteiger partial charge is 0.508 e. The number of nitrogens with zero attached hydrogens (tertiary/aromatic N) is 1. The van der Waals surface area contributed by atoms with Gasteiger partial charge in [-0.2, -0.15) is 0 Å². The molecule has 0 bridgehead atoms. The molecule has 2 nitrogen and oxygen atoms in total. The van der Waals surface area contributed by atoms with Gasteiger partial charge in [0.25, 0.3) is 0 Å². The van der Waals surface area contributed by atoms with E-state index in [0.29, 0.717) is 24.1 Å². The van der Waals surface area contributed by atoms with Gasteiger partial charge in [-0.1, -0.05) is 15.9 Å². The van der Waals surface area contributed by atoms with Crippen molar-refractivity contribution in [2.24, 2.45) is 0 Å². The molecular weight excluding hydrogens is 313 g/mol. The van der Waals surface area contributed by atoms with Gasteiger partial charge < -0.3 is 5.11 Å². The molecule has 0 heterocycles. The molecule has 0 atom stereocenters. The molecule has 0 aromatic heterocycles. The SMILES string of the molecule is Oc1ccc(Br)cc1CN(CCCl)CCCl. The van der Waals surface area contributed by atoms with Crippen LogP contribution in [0.1, 0.15) is 5.56 Å². The standard InChI is InChI=1S/C11H14BrCl2NO/c12-10-1-2-11(16)9(7-10)8-15(5-3-13)6-4-14/h1-2,7,16H,3-6,8H2. The highest BCUT2D eigenvalue weighted by Crippen LogP contribution is 2.23. The van der Waals surface area contributed by atoms with Gasteiger partial charge in [-0.3, -0.25) is 4.90 Å². The Kier molecular flexibility index (Phi) is 6.51. The number of rotatable bonds is 6. The lowest BCUT2D eigenvalue weighted by atomic mass is 10.2. The maximum absolute atomic E-state index is 9.71. The molecule has 1 rings (SSSR count). The van der Waals surface area contributed by atoms with Gasteiger partial charge in [0, 0.05) is 41.4 Å². The summed E-state index contributed by atoms with van der Waals surface area (Å²) < 4.78 is 0.956. The molecule has 0 spiro atoms. The van der Waals surface area contributed by atoms with Crippen LogP contribution in [0.15, 0.2) is 22.7 Å². The zero-order chi connectivity index (χ0) is 12.0. The van der Waals surface area contributed by atoms with Crippen LogP contribution in [0, 0.1) is 0 Å². The monoisotopic (exact) mass is 325 g/mol. The number of benzene rings is 1. The summed E-state index contributed by atoms with van der Waals surface area (Å²) in [4.78, 5) is 2.11. The number of hydrogen-bond acceptors (Lipinski definition) is 2. The third kappa shape index (κ3) is 4.50. The minimum Gasteiger partial charge on any atom is -0.508 e. The summed E-state index contributed by atoms with van der Waals surface area (Å²) in [5, 5.41) is 9.71. The lowest BCUT2D eigenvalue weighted by Gasteiger charge is -2.20. The Balaban J connectivity index is 2.71. The fourth-order valence-electron chi connectivity index (χ4n) is 1.43. The van der Waals surface area contributed by atoms with Crippen LogP contribution >= 0.6 is 39.1 Å². The fraction of sp³-hybridized carbons (Fsp3) is 0.455. The van der Waals surface area contributed by atoms with E-state index in [1.807, 2.05) is 12.1 Å². The number of phenolic OH excluding ortho intramolecular Hbond substituents is 1. The number of aromatic hydroxyl groups is 1. The van der Waals surface area contributed by atoms with Crippen LogP contribution in [0.2, 0.25) is 0 Å². The number of alkyl halides is 2. The minimum absolute atomic E-state index is 0.303. The molecule has 1 aromatic rings. The first-order valence-corrected chi connectivity index (χ1v) is 6.85. The molecule has 0 saturated carbocycles. The van der Waals surface area contributed by atoms with E-state index in [1.165, 1.54) is 0 Å². The van der Waals surface area contributed by atoms with Crippen LogP contribution in [0.3, 0.4) is 0 Å². The Morgan fingerprint density at radius 3 is 2.38 bits per heavy atom. The third-order valence-corrected chi connectivity index (χ3v) is 3.07. The van der Waals surface area contributed by atoms with E-state index in [0.717, 1.165) is 23.1 Å². The third-order valence-electron chi connectivity index (χ3n) is 2.24. The van der Waals surface area contributed by atoms with Gasteiger partial charge in [0.05, 0.1) is 0 Å². The van der Waals surface area contributed by atoms with Crippen molar-refractivity contribution in [2.45, 2.75) is 6.54 Å². The van der Waals surface area contributed by atoms with Crippen LogP contribution in [0.5, 0.6) is 5.75 Å². The average molecular weight is 327 g/mol. The predicted octanol–water partition coefficient (Wildman–Crippen LogP) is 3.43. The molecule has 0 amide bonds. The zero-order valence-electron chi connectivity index (χ0n) is 8.80. The Morgan fingerprint density at radius 2 is 1.81 bits per heavy atom. The van der Waals surface area contributed by atoms with E-state index in [2.05, 4.69) is 20.8 Å². The second-order valence-corrected chi connectivity index (χ2v) is 5.10. The molecule has 0 aliphatic carbocycles. The first-order valence-electron chi connectivity index (χ1n) is 4.99. The maximum Gasteiger partial charge on any atom is 0.120 e. The van der Waals surface area contributed by atoms with E-state index in [-0.39, 0.29) is 0 Å². The molecule has 0 saturated heterocycles. The fourth-order valence-corrected chi connectivity index (χ4v) is 2.32. The van der Waals surface area contributed by atoms with Crippen molar-refractivity contribution in [3.05, 3.63) is 28.2 Å². The van der Waals surface area contributed by atoms with Crippen LogP contribution in [0.25, 0.3) is 0 Å². The minimum atomic E-state index is 0.303. The molecule has 1 aromatic carbocycles. The first kappa shape index (κ1) is 14.1. The van der Waals surface area contributed by atoms with E-state index in [4.69, 9.17) is 23.2 Å². The zero-order valence-corrected chi connectivity index (χ0v) is 11.9. The summed E-state index contributed by atoms with van der Waals surface area (Å²) in [5.74, 6) is 1.43. The van der Waals surface area contributed by atoms with Gasteiger partial charge in [0.2, 0.25) is 0 Å². The highest BCUT2D eigenvalue weighted by atomic mass is 79.9. The van der Waals surface area contributed by atoms with Gasteiger partial charge in [-0.25, -0.2) is 0 Å². The van der Waals surface area contributed by atoms with Crippen molar-refractivity contribution in [1.82, 2.24) is 4.90 Å². The van der Waals surface area contributed by atoms with Crippen LogP contribution in [-0.4, -0.2) is 34.9 Å². The smallest absolute Gasteiger partial charge is 0.120 e. The normalized spacial score (nSPS) is 11.0. The van der Waals surface area contributed by atoms with E-state index in [1.54, 1.807) is 6.07 Å². The summed E-state index contributed by atoms with van der Waals surface area (Å²) in [5.41, 5.74) is 0.879. The summed E-state index contributed by atoms with van der Waals surface area (Å²) >= 11 is 14.8. The van der Waals surface area contributed by atoms with Gasteiger partial charge in [0.1, 0.15) is 5.75 Å². The molecular formula is C11H14BrCl2NO. The summed E-state index contributed by atoms with van der Waals surface area (Å²) in [6.45, 7) is 2.19. The molecule has 0 aliphatic rings. The highest BCUT2D eigenvalue weighted by Gasteiger charge is 2.08.